The molecule has 0 aromatic heterocycles. The first-order chi connectivity index (χ1) is 17.4. The van der Waals surface area contributed by atoms with Crippen LogP contribution in [0.1, 0.15) is 38.3 Å². The minimum Gasteiger partial charge on any atom is -0.490 e. The van der Waals surface area contributed by atoms with Crippen LogP contribution in [0.3, 0.4) is 0 Å². The number of nitrogens with zero attached hydrogens (tertiary/aromatic N) is 1. The number of amides is 3. The average Bonchev–Trinajstić information content (AvgIpc) is 2.87. The Hall–Kier alpha value is -3.92. The molecule has 0 aliphatic heterocycles. The molecule has 194 valence electrons. The summed E-state index contributed by atoms with van der Waals surface area (Å²) in [6, 6.07) is 14.6. The van der Waals surface area contributed by atoms with Gasteiger partial charge in [-0.2, -0.15) is 5.10 Å². The van der Waals surface area contributed by atoms with Crippen LogP contribution in [-0.4, -0.2) is 56.4 Å². The van der Waals surface area contributed by atoms with Gasteiger partial charge >= 0.3 is 11.8 Å². The number of carbonyl (C=O) groups is 3. The highest BCUT2D eigenvalue weighted by Crippen LogP contribution is 2.28. The molecular weight excluding hydrogens is 464 g/mol. The van der Waals surface area contributed by atoms with Crippen molar-refractivity contribution in [3.63, 3.8) is 0 Å². The van der Waals surface area contributed by atoms with Crippen molar-refractivity contribution in [3.8, 4) is 11.5 Å². The molecule has 3 N–H and O–H groups in total. The van der Waals surface area contributed by atoms with Crippen molar-refractivity contribution in [2.24, 2.45) is 5.10 Å². The van der Waals surface area contributed by atoms with E-state index in [2.05, 4.69) is 21.2 Å². The van der Waals surface area contributed by atoms with E-state index in [-0.39, 0.29) is 18.6 Å². The zero-order valence-corrected chi connectivity index (χ0v) is 20.9. The standard InChI is InChI=1S/C26H34N4O6/c1-4-34-23-15-21(17-29-30-26(33)25(32)27-13-8-14-35-19(2)3)11-12-22(23)36-18-24(31)28-16-20-9-6-5-7-10-20/h5-7,9-12,15,17,19H,4,8,13-14,16,18H2,1-3H3,(H,27,32)(H,28,31)(H,30,33)/b29-17+. The van der Waals surface area contributed by atoms with E-state index < -0.39 is 11.8 Å². The van der Waals surface area contributed by atoms with Crippen LogP contribution in [0.5, 0.6) is 11.5 Å². The molecule has 0 saturated heterocycles. The fraction of sp³-hybridized carbons (Fsp3) is 0.385. The van der Waals surface area contributed by atoms with Crippen LogP contribution in [0.15, 0.2) is 53.6 Å². The van der Waals surface area contributed by atoms with Gasteiger partial charge in [-0.05, 0) is 56.5 Å². The Bertz CT molecular complexity index is 1010. The van der Waals surface area contributed by atoms with E-state index in [1.54, 1.807) is 18.2 Å². The largest absolute Gasteiger partial charge is 0.490 e. The van der Waals surface area contributed by atoms with Crippen molar-refractivity contribution in [1.82, 2.24) is 16.1 Å². The van der Waals surface area contributed by atoms with Crippen LogP contribution < -0.4 is 25.5 Å². The lowest BCUT2D eigenvalue weighted by Crippen LogP contribution is -2.38. The first-order valence-corrected chi connectivity index (χ1v) is 11.8. The second-order valence-corrected chi connectivity index (χ2v) is 7.92. The molecule has 10 nitrogen and oxygen atoms in total. The molecule has 0 spiro atoms. The summed E-state index contributed by atoms with van der Waals surface area (Å²) in [4.78, 5) is 35.8. The lowest BCUT2D eigenvalue weighted by molar-refractivity contribution is -0.139. The van der Waals surface area contributed by atoms with Crippen LogP contribution in [0.25, 0.3) is 0 Å². The van der Waals surface area contributed by atoms with Gasteiger partial charge in [0.25, 0.3) is 5.91 Å². The van der Waals surface area contributed by atoms with Gasteiger partial charge in [-0.1, -0.05) is 30.3 Å². The van der Waals surface area contributed by atoms with Crippen LogP contribution in [0, 0.1) is 0 Å². The molecule has 0 heterocycles. The highest BCUT2D eigenvalue weighted by atomic mass is 16.5. The van der Waals surface area contributed by atoms with E-state index in [1.165, 1.54) is 6.21 Å². The SMILES string of the molecule is CCOc1cc(/C=N/NC(=O)C(=O)NCCCOC(C)C)ccc1OCC(=O)NCc1ccccc1. The first kappa shape index (κ1) is 28.3. The molecule has 2 rings (SSSR count). The van der Waals surface area contributed by atoms with Gasteiger partial charge in [0.15, 0.2) is 18.1 Å². The number of benzene rings is 2. The topological polar surface area (TPSA) is 127 Å². The molecule has 0 bridgehead atoms. The maximum absolute atomic E-state index is 12.1. The van der Waals surface area contributed by atoms with E-state index in [4.69, 9.17) is 14.2 Å². The Kier molecular flexibility index (Phi) is 12.5. The fourth-order valence-corrected chi connectivity index (χ4v) is 2.87. The third kappa shape index (κ3) is 11.0. The van der Waals surface area contributed by atoms with Crippen LogP contribution >= 0.6 is 0 Å². The summed E-state index contributed by atoms with van der Waals surface area (Å²) in [5, 5.41) is 9.12. The molecular formula is C26H34N4O6. The highest BCUT2D eigenvalue weighted by Gasteiger charge is 2.12. The zero-order chi connectivity index (χ0) is 26.2. The first-order valence-electron chi connectivity index (χ1n) is 11.8. The Balaban J connectivity index is 1.81. The highest BCUT2D eigenvalue weighted by molar-refractivity contribution is 6.35. The summed E-state index contributed by atoms with van der Waals surface area (Å²) in [6.07, 6.45) is 2.09. The monoisotopic (exact) mass is 498 g/mol. The van der Waals surface area contributed by atoms with Gasteiger partial charge in [-0.25, -0.2) is 5.43 Å². The summed E-state index contributed by atoms with van der Waals surface area (Å²) in [5.74, 6) is -1.09. The molecule has 0 atom stereocenters. The molecule has 2 aromatic rings. The summed E-state index contributed by atoms with van der Waals surface area (Å²) < 4.78 is 16.6. The van der Waals surface area contributed by atoms with Crippen molar-refractivity contribution in [2.75, 3.05) is 26.4 Å². The Morgan fingerprint density at radius 2 is 1.75 bits per heavy atom. The Morgan fingerprint density at radius 1 is 0.972 bits per heavy atom. The second kappa shape index (κ2) is 15.9. The predicted molar refractivity (Wildman–Crippen MR) is 136 cm³/mol. The molecule has 0 radical (unpaired) electrons. The van der Waals surface area contributed by atoms with Gasteiger partial charge in [0.1, 0.15) is 0 Å². The number of hydrogen-bond acceptors (Lipinski definition) is 7. The van der Waals surface area contributed by atoms with Gasteiger partial charge < -0.3 is 24.8 Å². The van der Waals surface area contributed by atoms with E-state index in [1.807, 2.05) is 51.1 Å². The van der Waals surface area contributed by atoms with Gasteiger partial charge in [-0.3, -0.25) is 14.4 Å². The number of nitrogens with one attached hydrogen (secondary N) is 3. The van der Waals surface area contributed by atoms with E-state index >= 15 is 0 Å². The Morgan fingerprint density at radius 3 is 2.47 bits per heavy atom. The van der Waals surface area contributed by atoms with Gasteiger partial charge in [0.05, 0.1) is 18.9 Å². The van der Waals surface area contributed by atoms with Crippen molar-refractivity contribution in [2.45, 2.75) is 39.8 Å². The second-order valence-electron chi connectivity index (χ2n) is 7.92. The molecule has 0 saturated carbocycles. The minimum absolute atomic E-state index is 0.117. The molecule has 0 aliphatic rings. The fourth-order valence-electron chi connectivity index (χ4n) is 2.87. The van der Waals surface area contributed by atoms with Crippen molar-refractivity contribution < 1.29 is 28.6 Å². The third-order valence-electron chi connectivity index (χ3n) is 4.60. The molecule has 36 heavy (non-hydrogen) atoms. The number of rotatable bonds is 14. The predicted octanol–water partition coefficient (Wildman–Crippen LogP) is 2.16. The van der Waals surface area contributed by atoms with Gasteiger partial charge in [0, 0.05) is 19.7 Å². The maximum Gasteiger partial charge on any atom is 0.329 e. The number of carbonyl (C=O) groups excluding carboxylic acids is 3. The normalized spacial score (nSPS) is 10.8. The number of hydrogen-bond donors (Lipinski definition) is 3. The summed E-state index contributed by atoms with van der Waals surface area (Å²) >= 11 is 0. The third-order valence-corrected chi connectivity index (χ3v) is 4.60. The van der Waals surface area contributed by atoms with Crippen LogP contribution in [0.4, 0.5) is 0 Å². The summed E-state index contributed by atoms with van der Waals surface area (Å²) in [7, 11) is 0. The maximum atomic E-state index is 12.1. The smallest absolute Gasteiger partial charge is 0.329 e. The molecule has 0 unspecified atom stereocenters. The number of ether oxygens (including phenoxy) is 3. The zero-order valence-electron chi connectivity index (χ0n) is 20.9. The average molecular weight is 499 g/mol. The van der Waals surface area contributed by atoms with E-state index in [0.717, 1.165) is 5.56 Å². The quantitative estimate of drug-likeness (QED) is 0.159. The lowest BCUT2D eigenvalue weighted by atomic mass is 10.2. The van der Waals surface area contributed by atoms with Crippen molar-refractivity contribution in [3.05, 3.63) is 59.7 Å². The van der Waals surface area contributed by atoms with Crippen LogP contribution in [-0.2, 0) is 25.7 Å². The van der Waals surface area contributed by atoms with Gasteiger partial charge in [0.2, 0.25) is 0 Å². The minimum atomic E-state index is -0.873. The summed E-state index contributed by atoms with van der Waals surface area (Å²) in [6.45, 7) is 7.12. The van der Waals surface area contributed by atoms with Crippen LogP contribution in [0.2, 0.25) is 0 Å². The van der Waals surface area contributed by atoms with E-state index in [9.17, 15) is 14.4 Å². The Labute approximate surface area is 211 Å². The van der Waals surface area contributed by atoms with E-state index in [0.29, 0.717) is 49.8 Å². The molecule has 2 aromatic carbocycles. The van der Waals surface area contributed by atoms with Crippen molar-refractivity contribution in [1.29, 1.82) is 0 Å². The molecule has 0 fully saturated rings. The lowest BCUT2D eigenvalue weighted by Gasteiger charge is -2.12. The molecule has 3 amide bonds. The molecule has 0 aliphatic carbocycles. The van der Waals surface area contributed by atoms with Crippen molar-refractivity contribution >= 4 is 23.9 Å². The number of hydrazone groups is 1. The summed E-state index contributed by atoms with van der Waals surface area (Å²) in [5.41, 5.74) is 3.78. The van der Waals surface area contributed by atoms with Gasteiger partial charge in [-0.15, -0.1) is 0 Å². The molecule has 10 heteroatoms.